The van der Waals surface area contributed by atoms with Gasteiger partial charge < -0.3 is 15.7 Å². The Bertz CT molecular complexity index is 206. The summed E-state index contributed by atoms with van der Waals surface area (Å²) in [6.45, 7) is 0.530. The second-order valence-electron chi connectivity index (χ2n) is 3.09. The fourth-order valence-corrected chi connectivity index (χ4v) is 1.21. The van der Waals surface area contributed by atoms with Crippen molar-refractivity contribution in [1.29, 1.82) is 0 Å². The molecule has 1 fully saturated rings. The molecule has 13 heavy (non-hydrogen) atoms. The molecule has 1 atom stereocenters. The molecule has 1 saturated heterocycles. The summed E-state index contributed by atoms with van der Waals surface area (Å²) in [6.07, 6.45) is 2.28. The molecule has 0 spiro atoms. The quantitative estimate of drug-likeness (QED) is 0.429. The highest BCUT2D eigenvalue weighted by atomic mass is 16.3. The van der Waals surface area contributed by atoms with Gasteiger partial charge in [0.25, 0.3) is 0 Å². The first kappa shape index (κ1) is 9.98. The van der Waals surface area contributed by atoms with Crippen molar-refractivity contribution in [2.75, 3.05) is 6.54 Å². The second-order valence-corrected chi connectivity index (χ2v) is 3.09. The first-order valence-corrected chi connectivity index (χ1v) is 4.47. The minimum Gasteiger partial charge on any atom is -0.374 e. The third-order valence-corrected chi connectivity index (χ3v) is 1.94. The van der Waals surface area contributed by atoms with Gasteiger partial charge in [-0.1, -0.05) is 6.42 Å². The number of aliphatic hydroxyl groups excluding tert-OH is 1. The van der Waals surface area contributed by atoms with E-state index in [4.69, 9.17) is 0 Å². The lowest BCUT2D eigenvalue weighted by Gasteiger charge is -2.14. The number of nitrogens with one attached hydrogen (secondary N) is 2. The van der Waals surface area contributed by atoms with Crippen LogP contribution in [0.15, 0.2) is 0 Å². The minimum absolute atomic E-state index is 0.513. The maximum atomic E-state index is 11.0. The number of amides is 2. The third kappa shape index (κ3) is 3.42. The van der Waals surface area contributed by atoms with Gasteiger partial charge in [0.1, 0.15) is 6.23 Å². The molecule has 1 rings (SSSR count). The molecule has 1 heterocycles. The summed E-state index contributed by atoms with van der Waals surface area (Å²) < 4.78 is 0. The Labute approximate surface area is 76.5 Å². The van der Waals surface area contributed by atoms with E-state index in [1.165, 1.54) is 0 Å². The lowest BCUT2D eigenvalue weighted by molar-refractivity contribution is -0.141. The smallest absolute Gasteiger partial charge is 0.311 e. The Morgan fingerprint density at radius 3 is 2.69 bits per heavy atom. The normalized spacial score (nSPS) is 26.1. The van der Waals surface area contributed by atoms with Crippen LogP contribution in [-0.2, 0) is 9.59 Å². The van der Waals surface area contributed by atoms with E-state index in [1.807, 2.05) is 0 Å². The molecule has 0 aromatic heterocycles. The summed E-state index contributed by atoms with van der Waals surface area (Å²) in [7, 11) is 0. The molecular formula is C8H14N2O3. The monoisotopic (exact) mass is 186 g/mol. The van der Waals surface area contributed by atoms with Gasteiger partial charge in [-0.05, 0) is 19.3 Å². The Kier molecular flexibility index (Phi) is 3.70. The summed E-state index contributed by atoms with van der Waals surface area (Å²) >= 11 is 0. The SMILES string of the molecule is O=C1NCCCCCC(O)NC1=O. The van der Waals surface area contributed by atoms with E-state index in [2.05, 4.69) is 10.6 Å². The molecule has 0 aromatic rings. The molecule has 5 heteroatoms. The fraction of sp³-hybridized carbons (Fsp3) is 0.750. The number of rotatable bonds is 0. The van der Waals surface area contributed by atoms with Crippen LogP contribution >= 0.6 is 0 Å². The molecule has 74 valence electrons. The van der Waals surface area contributed by atoms with Crippen molar-refractivity contribution in [2.24, 2.45) is 0 Å². The van der Waals surface area contributed by atoms with Crippen molar-refractivity contribution in [2.45, 2.75) is 31.9 Å². The number of carbonyl (C=O) groups excluding carboxylic acids is 2. The molecule has 0 aliphatic carbocycles. The zero-order chi connectivity index (χ0) is 9.68. The molecule has 1 aliphatic rings. The molecule has 0 saturated carbocycles. The highest BCUT2D eigenvalue weighted by molar-refractivity contribution is 6.35. The first-order chi connectivity index (χ1) is 6.20. The van der Waals surface area contributed by atoms with Crippen LogP contribution in [0.4, 0.5) is 0 Å². The van der Waals surface area contributed by atoms with E-state index in [1.54, 1.807) is 0 Å². The summed E-state index contributed by atoms with van der Waals surface area (Å²) in [4.78, 5) is 21.9. The first-order valence-electron chi connectivity index (χ1n) is 4.47. The lowest BCUT2D eigenvalue weighted by Crippen LogP contribution is -2.45. The van der Waals surface area contributed by atoms with Crippen molar-refractivity contribution in [3.63, 3.8) is 0 Å². The Morgan fingerprint density at radius 1 is 1.15 bits per heavy atom. The van der Waals surface area contributed by atoms with Crippen molar-refractivity contribution in [1.82, 2.24) is 10.6 Å². The third-order valence-electron chi connectivity index (χ3n) is 1.94. The minimum atomic E-state index is -0.892. The number of hydrogen-bond acceptors (Lipinski definition) is 3. The van der Waals surface area contributed by atoms with Crippen molar-refractivity contribution in [3.05, 3.63) is 0 Å². The Balaban J connectivity index is 2.47. The molecule has 1 unspecified atom stereocenters. The molecule has 5 nitrogen and oxygen atoms in total. The van der Waals surface area contributed by atoms with Crippen LogP contribution in [0.3, 0.4) is 0 Å². The average Bonchev–Trinajstić information content (AvgIpc) is 2.09. The van der Waals surface area contributed by atoms with Crippen LogP contribution in [-0.4, -0.2) is 29.7 Å². The summed E-state index contributed by atoms with van der Waals surface area (Å²) in [5.74, 6) is -1.42. The highest BCUT2D eigenvalue weighted by Gasteiger charge is 2.17. The topological polar surface area (TPSA) is 78.4 Å². The van der Waals surface area contributed by atoms with Crippen LogP contribution < -0.4 is 10.6 Å². The predicted octanol–water partition coefficient (Wildman–Crippen LogP) is -0.889. The van der Waals surface area contributed by atoms with E-state index in [0.29, 0.717) is 13.0 Å². The van der Waals surface area contributed by atoms with E-state index in [9.17, 15) is 14.7 Å². The number of hydrogen-bond donors (Lipinski definition) is 3. The maximum Gasteiger partial charge on any atom is 0.311 e. The standard InChI is InChI=1S/C8H14N2O3/c11-6-4-2-1-3-5-9-7(12)8(13)10-6/h6,11H,1-5H2,(H,9,12)(H,10,13). The summed E-state index contributed by atoms with van der Waals surface area (Å²) in [6, 6.07) is 0. The summed E-state index contributed by atoms with van der Waals surface area (Å²) in [5.41, 5.74) is 0. The van der Waals surface area contributed by atoms with E-state index in [-0.39, 0.29) is 0 Å². The van der Waals surface area contributed by atoms with Crippen LogP contribution in [0.25, 0.3) is 0 Å². The average molecular weight is 186 g/mol. The van der Waals surface area contributed by atoms with Gasteiger partial charge in [-0.15, -0.1) is 0 Å². The van der Waals surface area contributed by atoms with Gasteiger partial charge in [-0.3, -0.25) is 9.59 Å². The van der Waals surface area contributed by atoms with Gasteiger partial charge in [0.2, 0.25) is 0 Å². The van der Waals surface area contributed by atoms with Crippen LogP contribution in [0.5, 0.6) is 0 Å². The largest absolute Gasteiger partial charge is 0.374 e. The molecule has 0 bridgehead atoms. The van der Waals surface area contributed by atoms with Crippen molar-refractivity contribution in [3.8, 4) is 0 Å². The zero-order valence-corrected chi connectivity index (χ0v) is 7.38. The summed E-state index contributed by atoms with van der Waals surface area (Å²) in [5, 5.41) is 13.9. The molecule has 0 aromatic carbocycles. The van der Waals surface area contributed by atoms with Crippen LogP contribution in [0.2, 0.25) is 0 Å². The van der Waals surface area contributed by atoms with Crippen molar-refractivity contribution < 1.29 is 14.7 Å². The van der Waals surface area contributed by atoms with E-state index >= 15 is 0 Å². The van der Waals surface area contributed by atoms with Crippen LogP contribution in [0, 0.1) is 0 Å². The Hall–Kier alpha value is -1.10. The molecule has 1 aliphatic heterocycles. The van der Waals surface area contributed by atoms with Gasteiger partial charge in [-0.2, -0.15) is 0 Å². The van der Waals surface area contributed by atoms with Gasteiger partial charge in [0.15, 0.2) is 0 Å². The van der Waals surface area contributed by atoms with Crippen molar-refractivity contribution >= 4 is 11.8 Å². The maximum absolute atomic E-state index is 11.0. The number of carbonyl (C=O) groups is 2. The van der Waals surface area contributed by atoms with Gasteiger partial charge in [-0.25, -0.2) is 0 Å². The number of aliphatic hydroxyl groups is 1. The fourth-order valence-electron chi connectivity index (χ4n) is 1.21. The molecule has 3 N–H and O–H groups in total. The van der Waals surface area contributed by atoms with Gasteiger partial charge in [0, 0.05) is 6.54 Å². The molecule has 0 radical (unpaired) electrons. The predicted molar refractivity (Wildman–Crippen MR) is 45.6 cm³/mol. The van der Waals surface area contributed by atoms with Crippen LogP contribution in [0.1, 0.15) is 25.7 Å². The highest BCUT2D eigenvalue weighted by Crippen LogP contribution is 2.02. The zero-order valence-electron chi connectivity index (χ0n) is 7.38. The molecular weight excluding hydrogens is 172 g/mol. The lowest BCUT2D eigenvalue weighted by atomic mass is 10.1. The second kappa shape index (κ2) is 4.81. The molecule has 2 amide bonds. The Morgan fingerprint density at radius 2 is 1.92 bits per heavy atom. The van der Waals surface area contributed by atoms with Gasteiger partial charge >= 0.3 is 11.8 Å². The van der Waals surface area contributed by atoms with E-state index < -0.39 is 18.0 Å². The van der Waals surface area contributed by atoms with E-state index in [0.717, 1.165) is 19.3 Å². The van der Waals surface area contributed by atoms with Gasteiger partial charge in [0.05, 0.1) is 0 Å².